The molecule has 88 valence electrons. The van der Waals surface area contributed by atoms with Gasteiger partial charge in [0.1, 0.15) is 5.82 Å². The predicted molar refractivity (Wildman–Crippen MR) is 66.6 cm³/mol. The summed E-state index contributed by atoms with van der Waals surface area (Å²) in [5.74, 6) is -0.266. The molecule has 2 rings (SSSR count). The number of aryl methyl sites for hydroxylation is 1. The van der Waals surface area contributed by atoms with Crippen LogP contribution < -0.4 is 5.73 Å². The number of carboxylic acid groups (broad SMARTS) is 1. The highest BCUT2D eigenvalue weighted by atomic mass is 32.2. The van der Waals surface area contributed by atoms with Crippen LogP contribution in [0.2, 0.25) is 0 Å². The van der Waals surface area contributed by atoms with Crippen LogP contribution in [0, 0.1) is 6.92 Å². The second-order valence-corrected chi connectivity index (χ2v) is 5.31. The fourth-order valence-electron chi connectivity index (χ4n) is 1.19. The number of hydrogen-bond donors (Lipinski definition) is 2. The Morgan fingerprint density at radius 1 is 1.53 bits per heavy atom. The van der Waals surface area contributed by atoms with E-state index in [-0.39, 0.29) is 5.56 Å². The Morgan fingerprint density at radius 3 is 2.82 bits per heavy atom. The molecule has 1 aromatic carbocycles. The van der Waals surface area contributed by atoms with Crippen molar-refractivity contribution in [1.29, 1.82) is 0 Å². The van der Waals surface area contributed by atoms with E-state index in [4.69, 9.17) is 10.8 Å². The summed E-state index contributed by atoms with van der Waals surface area (Å²) in [7, 11) is 0. The van der Waals surface area contributed by atoms with Crippen molar-refractivity contribution in [2.24, 2.45) is 0 Å². The van der Waals surface area contributed by atoms with Gasteiger partial charge in [-0.3, -0.25) is 0 Å². The molecule has 0 amide bonds. The van der Waals surface area contributed by atoms with Crippen LogP contribution in [0.4, 0.5) is 5.69 Å². The minimum absolute atomic E-state index is 0.181. The van der Waals surface area contributed by atoms with Gasteiger partial charge in [-0.2, -0.15) is 4.37 Å². The van der Waals surface area contributed by atoms with Crippen LogP contribution in [0.25, 0.3) is 0 Å². The number of benzene rings is 1. The number of aromatic carboxylic acids is 1. The third-order valence-electron chi connectivity index (χ3n) is 1.96. The molecule has 0 spiro atoms. The van der Waals surface area contributed by atoms with Crippen molar-refractivity contribution in [2.45, 2.75) is 16.2 Å². The third kappa shape index (κ3) is 2.75. The zero-order valence-corrected chi connectivity index (χ0v) is 10.5. The number of anilines is 1. The van der Waals surface area contributed by atoms with E-state index >= 15 is 0 Å². The minimum atomic E-state index is -0.986. The van der Waals surface area contributed by atoms with Gasteiger partial charge in [-0.25, -0.2) is 9.78 Å². The first-order valence-corrected chi connectivity index (χ1v) is 6.26. The molecule has 0 fully saturated rings. The Morgan fingerprint density at radius 2 is 2.29 bits per heavy atom. The Hall–Kier alpha value is -1.60. The maximum absolute atomic E-state index is 10.7. The third-order valence-corrected chi connectivity index (χ3v) is 3.90. The highest BCUT2D eigenvalue weighted by Crippen LogP contribution is 2.33. The van der Waals surface area contributed by atoms with Gasteiger partial charge < -0.3 is 10.8 Å². The Balaban J connectivity index is 2.25. The molecule has 17 heavy (non-hydrogen) atoms. The number of aromatic nitrogens is 2. The van der Waals surface area contributed by atoms with Crippen molar-refractivity contribution in [1.82, 2.24) is 9.36 Å². The van der Waals surface area contributed by atoms with Crippen LogP contribution in [-0.2, 0) is 0 Å². The second kappa shape index (κ2) is 4.72. The van der Waals surface area contributed by atoms with Gasteiger partial charge in [0.05, 0.1) is 5.56 Å². The maximum atomic E-state index is 10.7. The standard InChI is InChI=1S/C10H9N3O2S2/c1-5-12-10(17-13-5)16-8-3-2-6(9(14)15)4-7(8)11/h2-4H,11H2,1H3,(H,14,15). The Labute approximate surface area is 106 Å². The van der Waals surface area contributed by atoms with Crippen LogP contribution in [0.5, 0.6) is 0 Å². The van der Waals surface area contributed by atoms with Gasteiger partial charge in [0.15, 0.2) is 4.34 Å². The van der Waals surface area contributed by atoms with Crippen molar-refractivity contribution in [3.63, 3.8) is 0 Å². The van der Waals surface area contributed by atoms with Crippen LogP contribution in [0.3, 0.4) is 0 Å². The van der Waals surface area contributed by atoms with Crippen LogP contribution in [-0.4, -0.2) is 20.4 Å². The summed E-state index contributed by atoms with van der Waals surface area (Å²) < 4.78 is 4.85. The zero-order valence-electron chi connectivity index (χ0n) is 8.88. The lowest BCUT2D eigenvalue weighted by atomic mass is 10.2. The molecular formula is C10H9N3O2S2. The summed E-state index contributed by atoms with van der Waals surface area (Å²) in [6.07, 6.45) is 0. The summed E-state index contributed by atoms with van der Waals surface area (Å²) in [4.78, 5) is 15.7. The lowest BCUT2D eigenvalue weighted by Crippen LogP contribution is -1.98. The first-order valence-electron chi connectivity index (χ1n) is 4.67. The van der Waals surface area contributed by atoms with Crippen LogP contribution >= 0.6 is 23.3 Å². The van der Waals surface area contributed by atoms with E-state index in [1.165, 1.54) is 35.4 Å². The summed E-state index contributed by atoms with van der Waals surface area (Å²) in [5, 5.41) is 8.81. The van der Waals surface area contributed by atoms with Crippen molar-refractivity contribution in [3.05, 3.63) is 29.6 Å². The molecule has 1 heterocycles. The molecule has 5 nitrogen and oxygen atoms in total. The highest BCUT2D eigenvalue weighted by molar-refractivity contribution is 8.01. The largest absolute Gasteiger partial charge is 0.478 e. The average molecular weight is 267 g/mol. The molecule has 0 aliphatic heterocycles. The van der Waals surface area contributed by atoms with E-state index in [1.807, 2.05) is 6.92 Å². The van der Waals surface area contributed by atoms with Gasteiger partial charge in [-0.05, 0) is 36.7 Å². The number of rotatable bonds is 3. The van der Waals surface area contributed by atoms with Gasteiger partial charge in [-0.1, -0.05) is 11.8 Å². The SMILES string of the molecule is Cc1nsc(Sc2ccc(C(=O)O)cc2N)n1. The number of carboxylic acids is 1. The molecule has 0 unspecified atom stereocenters. The summed E-state index contributed by atoms with van der Waals surface area (Å²) >= 11 is 2.68. The monoisotopic (exact) mass is 267 g/mol. The molecule has 0 saturated carbocycles. The first-order chi connectivity index (χ1) is 8.06. The molecule has 0 saturated heterocycles. The van der Waals surface area contributed by atoms with E-state index in [0.29, 0.717) is 5.69 Å². The molecule has 3 N–H and O–H groups in total. The molecule has 2 aromatic rings. The first kappa shape index (κ1) is 11.9. The van der Waals surface area contributed by atoms with Crippen LogP contribution in [0.1, 0.15) is 16.2 Å². The topological polar surface area (TPSA) is 89.1 Å². The van der Waals surface area contributed by atoms with Crippen molar-refractivity contribution in [3.8, 4) is 0 Å². The van der Waals surface area contributed by atoms with Crippen molar-refractivity contribution < 1.29 is 9.90 Å². The number of hydrogen-bond acceptors (Lipinski definition) is 6. The fourth-order valence-corrected chi connectivity index (χ4v) is 2.82. The number of nitrogen functional groups attached to an aromatic ring is 1. The van der Waals surface area contributed by atoms with Gasteiger partial charge in [0.25, 0.3) is 0 Å². The molecule has 1 aromatic heterocycles. The number of carbonyl (C=O) groups is 1. The van der Waals surface area contributed by atoms with E-state index in [9.17, 15) is 4.79 Å². The highest BCUT2D eigenvalue weighted by Gasteiger charge is 2.09. The Kier molecular flexibility index (Phi) is 3.30. The second-order valence-electron chi connectivity index (χ2n) is 3.27. The van der Waals surface area contributed by atoms with Gasteiger partial charge in [0, 0.05) is 10.6 Å². The summed E-state index contributed by atoms with van der Waals surface area (Å²) in [6.45, 7) is 1.82. The molecule has 0 radical (unpaired) electrons. The van der Waals surface area contributed by atoms with Gasteiger partial charge >= 0.3 is 5.97 Å². The molecule has 0 aliphatic carbocycles. The molecule has 0 atom stereocenters. The van der Waals surface area contributed by atoms with E-state index in [2.05, 4.69) is 9.36 Å². The minimum Gasteiger partial charge on any atom is -0.478 e. The number of nitrogens with zero attached hydrogens (tertiary/aromatic N) is 2. The van der Waals surface area contributed by atoms with E-state index in [1.54, 1.807) is 6.07 Å². The van der Waals surface area contributed by atoms with E-state index < -0.39 is 5.97 Å². The average Bonchev–Trinajstić information content (AvgIpc) is 2.67. The molecule has 7 heteroatoms. The lowest BCUT2D eigenvalue weighted by Gasteiger charge is -2.03. The normalized spacial score (nSPS) is 10.4. The maximum Gasteiger partial charge on any atom is 0.335 e. The number of nitrogens with two attached hydrogens (primary N) is 1. The summed E-state index contributed by atoms with van der Waals surface area (Å²) in [6, 6.07) is 4.65. The Bertz CT molecular complexity index is 568. The molecular weight excluding hydrogens is 258 g/mol. The van der Waals surface area contributed by atoms with Gasteiger partial charge in [0.2, 0.25) is 0 Å². The van der Waals surface area contributed by atoms with Gasteiger partial charge in [-0.15, -0.1) is 0 Å². The van der Waals surface area contributed by atoms with E-state index in [0.717, 1.165) is 15.1 Å². The zero-order chi connectivity index (χ0) is 12.4. The predicted octanol–water partition coefficient (Wildman–Crippen LogP) is 2.28. The lowest BCUT2D eigenvalue weighted by molar-refractivity contribution is 0.0697. The van der Waals surface area contributed by atoms with Crippen molar-refractivity contribution >= 4 is 35.0 Å². The fraction of sp³-hybridized carbons (Fsp3) is 0.100. The van der Waals surface area contributed by atoms with Crippen LogP contribution in [0.15, 0.2) is 27.4 Å². The molecule has 0 bridgehead atoms. The smallest absolute Gasteiger partial charge is 0.335 e. The molecule has 0 aliphatic rings. The van der Waals surface area contributed by atoms with Crippen molar-refractivity contribution in [2.75, 3.05) is 5.73 Å². The summed E-state index contributed by atoms with van der Waals surface area (Å²) in [5.41, 5.74) is 6.40. The quantitative estimate of drug-likeness (QED) is 0.829.